The van der Waals surface area contributed by atoms with E-state index in [2.05, 4.69) is 11.1 Å². The molecule has 0 saturated carbocycles. The predicted octanol–water partition coefficient (Wildman–Crippen LogP) is 3.30. The van der Waals surface area contributed by atoms with Crippen molar-refractivity contribution in [3.63, 3.8) is 0 Å². The van der Waals surface area contributed by atoms with Gasteiger partial charge in [-0.05, 0) is 49.2 Å². The maximum Gasteiger partial charge on any atom is 0.261 e. The van der Waals surface area contributed by atoms with Crippen molar-refractivity contribution in [1.82, 2.24) is 4.90 Å². The quantitative estimate of drug-likeness (QED) is 0.568. The Balaban J connectivity index is 1.80. The fraction of sp³-hybridized carbons (Fsp3) is 0.259. The van der Waals surface area contributed by atoms with Crippen molar-refractivity contribution >= 4 is 23.2 Å². The standard InChI is InChI=1S/C27H29N3O5/c1-16-5-6-17(2)26-24(16)25(27(32)29-20-10-8-19(28)9-11-20)30(23(31)15-35-26)14-18-7-12-21(33-3)13-22(18)34-4/h5-13,25H,14-15,28H2,1-4H3,(H,29,32)/p+1. The summed E-state index contributed by atoms with van der Waals surface area (Å²) < 4.78 is 16.8. The third kappa shape index (κ3) is 4.93. The topological polar surface area (TPSA) is 105 Å². The van der Waals surface area contributed by atoms with Gasteiger partial charge in [-0.3, -0.25) is 9.59 Å². The van der Waals surface area contributed by atoms with E-state index in [1.165, 1.54) is 0 Å². The summed E-state index contributed by atoms with van der Waals surface area (Å²) >= 11 is 0. The first kappa shape index (κ1) is 24.1. The molecule has 0 aromatic heterocycles. The van der Waals surface area contributed by atoms with Crippen LogP contribution in [-0.4, -0.2) is 37.5 Å². The molecule has 3 aromatic rings. The van der Waals surface area contributed by atoms with Gasteiger partial charge in [-0.15, -0.1) is 0 Å². The SMILES string of the molecule is COc1ccc(CN2C(=O)COc3c(C)ccc(C)c3C2C(=O)Nc2ccc([NH3+])cc2)c(OC)c1. The summed E-state index contributed by atoms with van der Waals surface area (Å²) in [5.41, 5.74) is 8.49. The second kappa shape index (κ2) is 10.1. The average molecular weight is 477 g/mol. The van der Waals surface area contributed by atoms with Crippen LogP contribution >= 0.6 is 0 Å². The third-order valence-electron chi connectivity index (χ3n) is 6.16. The van der Waals surface area contributed by atoms with Gasteiger partial charge in [0.25, 0.3) is 11.8 Å². The molecule has 1 heterocycles. The summed E-state index contributed by atoms with van der Waals surface area (Å²) in [4.78, 5) is 28.7. The van der Waals surface area contributed by atoms with Crippen molar-refractivity contribution in [3.05, 3.63) is 76.9 Å². The normalized spacial score (nSPS) is 15.1. The van der Waals surface area contributed by atoms with Crippen molar-refractivity contribution < 1.29 is 29.5 Å². The highest BCUT2D eigenvalue weighted by Gasteiger charge is 2.38. The molecule has 1 aliphatic rings. The van der Waals surface area contributed by atoms with E-state index in [4.69, 9.17) is 14.2 Å². The Morgan fingerprint density at radius 3 is 2.46 bits per heavy atom. The van der Waals surface area contributed by atoms with Gasteiger partial charge in [0.05, 0.1) is 20.8 Å². The maximum absolute atomic E-state index is 13.8. The molecule has 0 aliphatic carbocycles. The molecule has 1 aliphatic heterocycles. The van der Waals surface area contributed by atoms with Crippen LogP contribution < -0.4 is 25.3 Å². The number of hydrogen-bond donors (Lipinski definition) is 2. The molecule has 0 spiro atoms. The van der Waals surface area contributed by atoms with Gasteiger partial charge in [0.2, 0.25) is 0 Å². The highest BCUT2D eigenvalue weighted by Crippen LogP contribution is 2.39. The minimum absolute atomic E-state index is 0.151. The molecule has 0 radical (unpaired) electrons. The first-order valence-corrected chi connectivity index (χ1v) is 11.3. The number of nitrogens with zero attached hydrogens (tertiary/aromatic N) is 1. The smallest absolute Gasteiger partial charge is 0.261 e. The largest absolute Gasteiger partial charge is 0.497 e. The molecule has 35 heavy (non-hydrogen) atoms. The van der Waals surface area contributed by atoms with Crippen LogP contribution in [0, 0.1) is 13.8 Å². The van der Waals surface area contributed by atoms with Crippen molar-refractivity contribution in [1.29, 1.82) is 0 Å². The van der Waals surface area contributed by atoms with Gasteiger partial charge < -0.3 is 30.2 Å². The summed E-state index contributed by atoms with van der Waals surface area (Å²) in [5.74, 6) is 1.13. The zero-order valence-corrected chi connectivity index (χ0v) is 20.4. The highest BCUT2D eigenvalue weighted by molar-refractivity contribution is 5.99. The van der Waals surface area contributed by atoms with Crippen LogP contribution in [0.25, 0.3) is 0 Å². The van der Waals surface area contributed by atoms with Crippen LogP contribution in [0.2, 0.25) is 0 Å². The number of aryl methyl sites for hydroxylation is 2. The number of amides is 2. The number of anilines is 1. The lowest BCUT2D eigenvalue weighted by atomic mass is 9.95. The van der Waals surface area contributed by atoms with Gasteiger partial charge >= 0.3 is 0 Å². The zero-order chi connectivity index (χ0) is 25.1. The Morgan fingerprint density at radius 1 is 1.06 bits per heavy atom. The van der Waals surface area contributed by atoms with E-state index < -0.39 is 6.04 Å². The number of quaternary nitrogens is 1. The number of ether oxygens (including phenoxy) is 3. The van der Waals surface area contributed by atoms with E-state index in [0.29, 0.717) is 28.5 Å². The molecule has 4 N–H and O–H groups in total. The molecule has 8 nitrogen and oxygen atoms in total. The Hall–Kier alpha value is -4.04. The number of fused-ring (bicyclic) bond motifs is 1. The third-order valence-corrected chi connectivity index (χ3v) is 6.16. The minimum atomic E-state index is -0.911. The van der Waals surface area contributed by atoms with Crippen LogP contribution in [0.3, 0.4) is 0 Å². The Kier molecular flexibility index (Phi) is 6.93. The highest BCUT2D eigenvalue weighted by atomic mass is 16.5. The summed E-state index contributed by atoms with van der Waals surface area (Å²) in [6.45, 7) is 3.81. The van der Waals surface area contributed by atoms with Crippen LogP contribution in [-0.2, 0) is 16.1 Å². The molecule has 1 unspecified atom stereocenters. The number of hydrogen-bond acceptors (Lipinski definition) is 5. The number of rotatable bonds is 6. The molecule has 3 aromatic carbocycles. The monoisotopic (exact) mass is 476 g/mol. The maximum atomic E-state index is 13.8. The van der Waals surface area contributed by atoms with Gasteiger partial charge in [-0.1, -0.05) is 12.1 Å². The lowest BCUT2D eigenvalue weighted by Crippen LogP contribution is -2.41. The fourth-order valence-corrected chi connectivity index (χ4v) is 4.27. The summed E-state index contributed by atoms with van der Waals surface area (Å²) in [6, 6.07) is 15.6. The molecule has 0 saturated heterocycles. The van der Waals surface area contributed by atoms with Crippen LogP contribution in [0.4, 0.5) is 11.4 Å². The predicted molar refractivity (Wildman–Crippen MR) is 132 cm³/mol. The average Bonchev–Trinajstić information content (AvgIpc) is 3.00. The molecular formula is C27H30N3O5+. The molecule has 4 rings (SSSR count). The van der Waals surface area contributed by atoms with E-state index in [1.54, 1.807) is 43.4 Å². The lowest BCUT2D eigenvalue weighted by Gasteiger charge is -2.31. The summed E-state index contributed by atoms with van der Waals surface area (Å²) in [5, 5.41) is 2.97. The number of nitrogens with one attached hydrogen (secondary N) is 1. The second-order valence-corrected chi connectivity index (χ2v) is 8.52. The minimum Gasteiger partial charge on any atom is -0.497 e. The second-order valence-electron chi connectivity index (χ2n) is 8.52. The number of benzene rings is 3. The molecule has 2 amide bonds. The van der Waals surface area contributed by atoms with Gasteiger partial charge in [0.1, 0.15) is 29.0 Å². The van der Waals surface area contributed by atoms with Gasteiger partial charge in [-0.2, -0.15) is 0 Å². The molecule has 8 heteroatoms. The molecule has 182 valence electrons. The van der Waals surface area contributed by atoms with Crippen molar-refractivity contribution in [2.75, 3.05) is 26.1 Å². The number of carbonyl (C=O) groups is 2. The molecule has 0 bridgehead atoms. The van der Waals surface area contributed by atoms with Gasteiger partial charge in [-0.25, -0.2) is 0 Å². The van der Waals surface area contributed by atoms with E-state index in [-0.39, 0.29) is 25.0 Å². The molecule has 1 atom stereocenters. The van der Waals surface area contributed by atoms with Gasteiger partial charge in [0.15, 0.2) is 6.61 Å². The van der Waals surface area contributed by atoms with Crippen LogP contribution in [0.5, 0.6) is 17.2 Å². The van der Waals surface area contributed by atoms with Gasteiger partial charge in [0, 0.05) is 35.0 Å². The lowest BCUT2D eigenvalue weighted by molar-refractivity contribution is -0.254. The number of methoxy groups -OCH3 is 2. The van der Waals surface area contributed by atoms with E-state index in [9.17, 15) is 9.59 Å². The van der Waals surface area contributed by atoms with E-state index >= 15 is 0 Å². The van der Waals surface area contributed by atoms with E-state index in [1.807, 2.05) is 44.2 Å². The van der Waals surface area contributed by atoms with Crippen molar-refractivity contribution in [2.45, 2.75) is 26.4 Å². The van der Waals surface area contributed by atoms with Crippen molar-refractivity contribution in [3.8, 4) is 17.2 Å². The first-order chi connectivity index (χ1) is 16.8. The van der Waals surface area contributed by atoms with Crippen molar-refractivity contribution in [2.24, 2.45) is 0 Å². The summed E-state index contributed by atoms with van der Waals surface area (Å²) in [6.07, 6.45) is 0. The molecule has 0 fully saturated rings. The Bertz CT molecular complexity index is 1260. The van der Waals surface area contributed by atoms with Crippen LogP contribution in [0.1, 0.15) is 28.3 Å². The van der Waals surface area contributed by atoms with E-state index in [0.717, 1.165) is 22.4 Å². The fourth-order valence-electron chi connectivity index (χ4n) is 4.27. The molecular weight excluding hydrogens is 446 g/mol. The van der Waals surface area contributed by atoms with Crippen LogP contribution in [0.15, 0.2) is 54.6 Å². The first-order valence-electron chi connectivity index (χ1n) is 11.3. The Morgan fingerprint density at radius 2 is 1.77 bits per heavy atom. The zero-order valence-electron chi connectivity index (χ0n) is 20.4. The summed E-state index contributed by atoms with van der Waals surface area (Å²) in [7, 11) is 3.14. The number of carbonyl (C=O) groups excluding carboxylic acids is 2. The Labute approximate surface area is 204 Å².